The lowest BCUT2D eigenvalue weighted by molar-refractivity contribution is 0.476. The van der Waals surface area contributed by atoms with Crippen LogP contribution in [0.4, 0.5) is 0 Å². The van der Waals surface area contributed by atoms with E-state index in [4.69, 9.17) is 21.9 Å². The molecule has 0 saturated heterocycles. The molecule has 0 aliphatic carbocycles. The Bertz CT molecular complexity index is 800. The lowest BCUT2D eigenvalue weighted by Gasteiger charge is -2.17. The van der Waals surface area contributed by atoms with Gasteiger partial charge in [-0.3, -0.25) is 5.84 Å². The zero-order valence-corrected chi connectivity index (χ0v) is 13.7. The number of fused-ring (bicyclic) bond motifs is 1. The predicted octanol–water partition coefficient (Wildman–Crippen LogP) is 4.71. The Hall–Kier alpha value is -1.33. The van der Waals surface area contributed by atoms with Crippen molar-refractivity contribution >= 4 is 38.5 Å². The number of nitrogens with two attached hydrogens (primary N) is 1. The van der Waals surface area contributed by atoms with E-state index < -0.39 is 0 Å². The van der Waals surface area contributed by atoms with Crippen LogP contribution in [0.25, 0.3) is 11.0 Å². The summed E-state index contributed by atoms with van der Waals surface area (Å²) >= 11 is 9.71. The fraction of sp³-hybridized carbons (Fsp3) is 0.125. The van der Waals surface area contributed by atoms with Crippen LogP contribution in [0, 0.1) is 6.92 Å². The van der Waals surface area contributed by atoms with Gasteiger partial charge in [-0.1, -0.05) is 51.8 Å². The second-order valence-electron chi connectivity index (χ2n) is 4.86. The zero-order chi connectivity index (χ0) is 15.0. The number of para-hydroxylation sites is 1. The quantitative estimate of drug-likeness (QED) is 0.522. The number of benzene rings is 2. The maximum atomic E-state index is 6.17. The van der Waals surface area contributed by atoms with Gasteiger partial charge < -0.3 is 4.42 Å². The van der Waals surface area contributed by atoms with Crippen LogP contribution >= 0.6 is 27.5 Å². The summed E-state index contributed by atoms with van der Waals surface area (Å²) in [6.45, 7) is 2.04. The molecule has 0 saturated carbocycles. The molecule has 0 fully saturated rings. The first kappa shape index (κ1) is 14.6. The number of rotatable bonds is 3. The Morgan fingerprint density at radius 2 is 2.00 bits per heavy atom. The first-order chi connectivity index (χ1) is 10.1. The van der Waals surface area contributed by atoms with Gasteiger partial charge in [0.05, 0.1) is 5.02 Å². The minimum atomic E-state index is -0.231. The van der Waals surface area contributed by atoms with Gasteiger partial charge >= 0.3 is 0 Å². The summed E-state index contributed by atoms with van der Waals surface area (Å²) in [6.07, 6.45) is 0. The monoisotopic (exact) mass is 364 g/mol. The summed E-state index contributed by atoms with van der Waals surface area (Å²) in [5.74, 6) is 6.50. The van der Waals surface area contributed by atoms with Gasteiger partial charge in [0.1, 0.15) is 11.8 Å². The summed E-state index contributed by atoms with van der Waals surface area (Å²) in [7, 11) is 0. The summed E-state index contributed by atoms with van der Waals surface area (Å²) in [6, 6.07) is 13.4. The molecule has 21 heavy (non-hydrogen) atoms. The Balaban J connectivity index is 2.14. The maximum absolute atomic E-state index is 6.17. The average Bonchev–Trinajstić information content (AvgIpc) is 2.89. The van der Waals surface area contributed by atoms with Crippen molar-refractivity contribution in [3.8, 4) is 0 Å². The molecule has 3 rings (SSSR count). The highest BCUT2D eigenvalue weighted by Gasteiger charge is 2.20. The van der Waals surface area contributed by atoms with Crippen molar-refractivity contribution in [2.24, 2.45) is 5.84 Å². The number of hydrazine groups is 1. The van der Waals surface area contributed by atoms with Crippen molar-refractivity contribution in [1.29, 1.82) is 0 Å². The highest BCUT2D eigenvalue weighted by Crippen LogP contribution is 2.34. The van der Waals surface area contributed by atoms with Gasteiger partial charge in [-0.05, 0) is 36.2 Å². The second kappa shape index (κ2) is 5.81. The smallest absolute Gasteiger partial charge is 0.152 e. The molecule has 1 unspecified atom stereocenters. The lowest BCUT2D eigenvalue weighted by Crippen LogP contribution is -2.29. The van der Waals surface area contributed by atoms with Crippen LogP contribution in [-0.2, 0) is 0 Å². The third kappa shape index (κ3) is 2.60. The standard InChI is InChI=1S/C16H14BrClN2O/c1-9-11(5-3-6-12(9)17)15(20-19)14-8-10-4-2-7-13(18)16(10)21-14/h2-8,15,20H,19H2,1H3. The summed E-state index contributed by atoms with van der Waals surface area (Å²) in [4.78, 5) is 0. The maximum Gasteiger partial charge on any atom is 0.152 e. The van der Waals surface area contributed by atoms with E-state index in [9.17, 15) is 0 Å². The van der Waals surface area contributed by atoms with E-state index in [0.29, 0.717) is 10.6 Å². The normalized spacial score (nSPS) is 12.8. The van der Waals surface area contributed by atoms with Crippen molar-refractivity contribution in [1.82, 2.24) is 5.43 Å². The SMILES string of the molecule is Cc1c(Br)cccc1C(NN)c1cc2cccc(Cl)c2o1. The Morgan fingerprint density at radius 1 is 1.24 bits per heavy atom. The molecule has 0 radical (unpaired) electrons. The molecule has 108 valence electrons. The molecule has 3 aromatic rings. The summed E-state index contributed by atoms with van der Waals surface area (Å²) in [5.41, 5.74) is 5.68. The molecule has 0 bridgehead atoms. The van der Waals surface area contributed by atoms with Gasteiger partial charge in [0.2, 0.25) is 0 Å². The molecule has 0 amide bonds. The first-order valence-corrected chi connectivity index (χ1v) is 7.68. The molecule has 5 heteroatoms. The number of hydrogen-bond acceptors (Lipinski definition) is 3. The highest BCUT2D eigenvalue weighted by molar-refractivity contribution is 9.10. The largest absolute Gasteiger partial charge is 0.457 e. The molecule has 3 nitrogen and oxygen atoms in total. The van der Waals surface area contributed by atoms with Crippen molar-refractivity contribution < 1.29 is 4.42 Å². The molecular weight excluding hydrogens is 352 g/mol. The molecule has 0 aliphatic heterocycles. The number of furan rings is 1. The molecule has 2 aromatic carbocycles. The zero-order valence-electron chi connectivity index (χ0n) is 11.4. The van der Waals surface area contributed by atoms with E-state index >= 15 is 0 Å². The van der Waals surface area contributed by atoms with Crippen LogP contribution in [-0.4, -0.2) is 0 Å². The molecule has 1 atom stereocenters. The Kier molecular flexibility index (Phi) is 4.04. The van der Waals surface area contributed by atoms with E-state index in [2.05, 4.69) is 21.4 Å². The van der Waals surface area contributed by atoms with E-state index in [1.165, 1.54) is 0 Å². The van der Waals surface area contributed by atoms with Gasteiger partial charge in [-0.25, -0.2) is 5.43 Å². The van der Waals surface area contributed by atoms with E-state index in [-0.39, 0.29) is 6.04 Å². The third-order valence-corrected chi connectivity index (χ3v) is 4.74. The van der Waals surface area contributed by atoms with Crippen LogP contribution in [0.2, 0.25) is 5.02 Å². The van der Waals surface area contributed by atoms with Crippen LogP contribution < -0.4 is 11.3 Å². The Morgan fingerprint density at radius 3 is 2.71 bits per heavy atom. The molecule has 1 aromatic heterocycles. The second-order valence-corrected chi connectivity index (χ2v) is 6.12. The number of halogens is 2. The Labute approximate surface area is 136 Å². The van der Waals surface area contributed by atoms with Crippen LogP contribution in [0.1, 0.15) is 22.9 Å². The number of hydrogen-bond donors (Lipinski definition) is 2. The fourth-order valence-corrected chi connectivity index (χ4v) is 3.05. The summed E-state index contributed by atoms with van der Waals surface area (Å²) in [5, 5.41) is 1.56. The number of nitrogens with one attached hydrogen (secondary N) is 1. The molecule has 0 aliphatic rings. The molecule has 3 N–H and O–H groups in total. The van der Waals surface area contributed by atoms with Gasteiger partial charge in [-0.15, -0.1) is 0 Å². The van der Waals surface area contributed by atoms with E-state index in [0.717, 1.165) is 26.7 Å². The first-order valence-electron chi connectivity index (χ1n) is 6.51. The fourth-order valence-electron chi connectivity index (χ4n) is 2.45. The minimum absolute atomic E-state index is 0.231. The van der Waals surface area contributed by atoms with Crippen molar-refractivity contribution in [3.63, 3.8) is 0 Å². The highest BCUT2D eigenvalue weighted by atomic mass is 79.9. The summed E-state index contributed by atoms with van der Waals surface area (Å²) < 4.78 is 6.95. The van der Waals surface area contributed by atoms with Gasteiger partial charge in [0.25, 0.3) is 0 Å². The van der Waals surface area contributed by atoms with E-state index in [1.54, 1.807) is 0 Å². The lowest BCUT2D eigenvalue weighted by atomic mass is 10.00. The van der Waals surface area contributed by atoms with Crippen LogP contribution in [0.5, 0.6) is 0 Å². The average molecular weight is 366 g/mol. The molecular formula is C16H14BrClN2O. The molecule has 0 spiro atoms. The topological polar surface area (TPSA) is 51.2 Å². The predicted molar refractivity (Wildman–Crippen MR) is 89.3 cm³/mol. The van der Waals surface area contributed by atoms with Crippen molar-refractivity contribution in [2.45, 2.75) is 13.0 Å². The van der Waals surface area contributed by atoms with Crippen molar-refractivity contribution in [3.05, 3.63) is 68.8 Å². The molecule has 1 heterocycles. The van der Waals surface area contributed by atoms with Crippen molar-refractivity contribution in [2.75, 3.05) is 0 Å². The van der Waals surface area contributed by atoms with Crippen LogP contribution in [0.15, 0.2) is 51.4 Å². The minimum Gasteiger partial charge on any atom is -0.457 e. The third-order valence-electron chi connectivity index (χ3n) is 3.59. The van der Waals surface area contributed by atoms with Gasteiger partial charge in [-0.2, -0.15) is 0 Å². The van der Waals surface area contributed by atoms with Gasteiger partial charge in [0.15, 0.2) is 5.58 Å². The van der Waals surface area contributed by atoms with E-state index in [1.807, 2.05) is 49.4 Å². The van der Waals surface area contributed by atoms with Crippen LogP contribution in [0.3, 0.4) is 0 Å². The van der Waals surface area contributed by atoms with Gasteiger partial charge in [0, 0.05) is 9.86 Å².